The summed E-state index contributed by atoms with van der Waals surface area (Å²) in [7, 11) is 0. The Hall–Kier alpha value is -0.820. The van der Waals surface area contributed by atoms with Crippen molar-refractivity contribution >= 4 is 0 Å². The second kappa shape index (κ2) is 3.15. The summed E-state index contributed by atoms with van der Waals surface area (Å²) in [6, 6.07) is 4.51. The van der Waals surface area contributed by atoms with Crippen LogP contribution in [-0.4, -0.2) is 6.10 Å². The fourth-order valence-electron chi connectivity index (χ4n) is 2.08. The maximum Gasteiger partial charge on any atom is 0.0723 e. The maximum atomic E-state index is 5.61. The topological polar surface area (TPSA) is 9.23 Å². The lowest BCUT2D eigenvalue weighted by Crippen LogP contribution is -2.20. The van der Waals surface area contributed by atoms with Gasteiger partial charge in [0.15, 0.2) is 0 Å². The van der Waals surface area contributed by atoms with Crippen molar-refractivity contribution in [3.8, 4) is 0 Å². The Kier molecular flexibility index (Phi) is 2.12. The fourth-order valence-corrected chi connectivity index (χ4v) is 2.08. The zero-order chi connectivity index (χ0) is 9.42. The average Bonchev–Trinajstić information content (AvgIpc) is 2.06. The second-order valence-corrected chi connectivity index (χ2v) is 4.05. The first-order valence-corrected chi connectivity index (χ1v) is 4.87. The molecule has 0 saturated carbocycles. The van der Waals surface area contributed by atoms with Gasteiger partial charge < -0.3 is 4.74 Å². The third-order valence-electron chi connectivity index (χ3n) is 2.72. The number of hydrogen-bond donors (Lipinski definition) is 0. The fraction of sp³-hybridized carbons (Fsp3) is 0.500. The summed E-state index contributed by atoms with van der Waals surface area (Å²) in [5.41, 5.74) is 5.65. The van der Waals surface area contributed by atoms with Crippen LogP contribution in [0.5, 0.6) is 0 Å². The van der Waals surface area contributed by atoms with E-state index in [-0.39, 0.29) is 0 Å². The first-order chi connectivity index (χ1) is 6.16. The standard InChI is InChI=1S/C12H16O/c1-8-4-9(2)12-6-10(3)13-7-11(12)5-8/h4-5,10H,6-7H2,1-3H3. The van der Waals surface area contributed by atoms with Gasteiger partial charge in [0.1, 0.15) is 0 Å². The molecular weight excluding hydrogens is 160 g/mol. The molecule has 1 atom stereocenters. The first kappa shape index (κ1) is 8.76. The molecular formula is C12H16O. The van der Waals surface area contributed by atoms with Crippen molar-refractivity contribution in [2.75, 3.05) is 0 Å². The van der Waals surface area contributed by atoms with Crippen molar-refractivity contribution in [1.29, 1.82) is 0 Å². The number of ether oxygens (including phenoxy) is 1. The van der Waals surface area contributed by atoms with Crippen LogP contribution in [0.1, 0.15) is 29.2 Å². The van der Waals surface area contributed by atoms with E-state index in [1.54, 1.807) is 0 Å². The summed E-state index contributed by atoms with van der Waals surface area (Å²) < 4.78 is 5.61. The summed E-state index contributed by atoms with van der Waals surface area (Å²) in [5, 5.41) is 0. The molecule has 1 aliphatic heterocycles. The molecule has 1 aromatic carbocycles. The van der Waals surface area contributed by atoms with Crippen LogP contribution in [0.15, 0.2) is 12.1 Å². The van der Waals surface area contributed by atoms with Gasteiger partial charge in [-0.1, -0.05) is 17.7 Å². The predicted octanol–water partition coefficient (Wildman–Crippen LogP) is 2.76. The zero-order valence-electron chi connectivity index (χ0n) is 8.55. The predicted molar refractivity (Wildman–Crippen MR) is 53.9 cm³/mol. The Morgan fingerprint density at radius 2 is 2.08 bits per heavy atom. The van der Waals surface area contributed by atoms with Gasteiger partial charge in [0.2, 0.25) is 0 Å². The molecule has 1 aromatic rings. The van der Waals surface area contributed by atoms with E-state index in [1.807, 2.05) is 0 Å². The SMILES string of the molecule is Cc1cc(C)c2c(c1)COC(C)C2. The van der Waals surface area contributed by atoms with Crippen LogP contribution in [0.2, 0.25) is 0 Å². The minimum Gasteiger partial charge on any atom is -0.373 e. The Morgan fingerprint density at radius 3 is 2.85 bits per heavy atom. The van der Waals surface area contributed by atoms with Crippen LogP contribution in [-0.2, 0) is 17.8 Å². The molecule has 0 bridgehead atoms. The highest BCUT2D eigenvalue weighted by Crippen LogP contribution is 2.24. The molecule has 0 aromatic heterocycles. The average molecular weight is 176 g/mol. The van der Waals surface area contributed by atoms with Gasteiger partial charge in [-0.05, 0) is 43.9 Å². The highest BCUT2D eigenvalue weighted by Gasteiger charge is 2.16. The quantitative estimate of drug-likeness (QED) is 0.590. The van der Waals surface area contributed by atoms with Crippen LogP contribution in [0.25, 0.3) is 0 Å². The molecule has 0 fully saturated rings. The van der Waals surface area contributed by atoms with Crippen molar-refractivity contribution in [3.63, 3.8) is 0 Å². The van der Waals surface area contributed by atoms with E-state index in [4.69, 9.17) is 4.74 Å². The van der Waals surface area contributed by atoms with E-state index >= 15 is 0 Å². The van der Waals surface area contributed by atoms with Gasteiger partial charge in [-0.25, -0.2) is 0 Å². The summed E-state index contributed by atoms with van der Waals surface area (Å²) in [5.74, 6) is 0. The van der Waals surface area contributed by atoms with Gasteiger partial charge in [0.05, 0.1) is 12.7 Å². The number of rotatable bonds is 0. The van der Waals surface area contributed by atoms with Gasteiger partial charge in [0.25, 0.3) is 0 Å². The Morgan fingerprint density at radius 1 is 1.31 bits per heavy atom. The minimum atomic E-state index is 0.383. The largest absolute Gasteiger partial charge is 0.373 e. The van der Waals surface area contributed by atoms with Gasteiger partial charge in [-0.2, -0.15) is 0 Å². The first-order valence-electron chi connectivity index (χ1n) is 4.87. The second-order valence-electron chi connectivity index (χ2n) is 4.05. The Labute approximate surface area is 79.7 Å². The lowest BCUT2D eigenvalue weighted by atomic mass is 9.93. The van der Waals surface area contributed by atoms with Crippen LogP contribution in [0.4, 0.5) is 0 Å². The van der Waals surface area contributed by atoms with E-state index in [0.29, 0.717) is 6.10 Å². The van der Waals surface area contributed by atoms with Gasteiger partial charge >= 0.3 is 0 Å². The lowest BCUT2D eigenvalue weighted by Gasteiger charge is -2.24. The number of benzene rings is 1. The summed E-state index contributed by atoms with van der Waals surface area (Å²) in [6.45, 7) is 7.27. The number of hydrogen-bond acceptors (Lipinski definition) is 1. The van der Waals surface area contributed by atoms with E-state index < -0.39 is 0 Å². The molecule has 70 valence electrons. The van der Waals surface area contributed by atoms with Crippen molar-refractivity contribution in [2.24, 2.45) is 0 Å². The van der Waals surface area contributed by atoms with Crippen LogP contribution >= 0.6 is 0 Å². The van der Waals surface area contributed by atoms with Crippen LogP contribution in [0, 0.1) is 13.8 Å². The highest BCUT2D eigenvalue weighted by molar-refractivity contribution is 5.39. The van der Waals surface area contributed by atoms with Crippen molar-refractivity contribution in [3.05, 3.63) is 34.4 Å². The number of aryl methyl sites for hydroxylation is 2. The summed E-state index contributed by atoms with van der Waals surface area (Å²) in [4.78, 5) is 0. The van der Waals surface area contributed by atoms with Crippen LogP contribution < -0.4 is 0 Å². The minimum absolute atomic E-state index is 0.383. The van der Waals surface area contributed by atoms with Gasteiger partial charge in [-0.3, -0.25) is 0 Å². The molecule has 1 heteroatoms. The maximum absolute atomic E-state index is 5.61. The molecule has 0 radical (unpaired) electrons. The van der Waals surface area contributed by atoms with E-state index in [0.717, 1.165) is 13.0 Å². The zero-order valence-corrected chi connectivity index (χ0v) is 8.55. The third kappa shape index (κ3) is 1.61. The summed E-state index contributed by atoms with van der Waals surface area (Å²) in [6.07, 6.45) is 1.45. The van der Waals surface area contributed by atoms with Gasteiger partial charge in [0, 0.05) is 0 Å². The van der Waals surface area contributed by atoms with Crippen molar-refractivity contribution in [1.82, 2.24) is 0 Å². The highest BCUT2D eigenvalue weighted by atomic mass is 16.5. The molecule has 1 nitrogen and oxygen atoms in total. The normalized spacial score (nSPS) is 21.3. The molecule has 13 heavy (non-hydrogen) atoms. The van der Waals surface area contributed by atoms with E-state index in [1.165, 1.54) is 22.3 Å². The molecule has 0 saturated heterocycles. The van der Waals surface area contributed by atoms with Gasteiger partial charge in [-0.15, -0.1) is 0 Å². The van der Waals surface area contributed by atoms with Crippen molar-refractivity contribution in [2.45, 2.75) is 39.9 Å². The molecule has 0 aliphatic carbocycles. The molecule has 1 unspecified atom stereocenters. The Bertz CT molecular complexity index is 328. The molecule has 2 rings (SSSR count). The summed E-state index contributed by atoms with van der Waals surface area (Å²) >= 11 is 0. The van der Waals surface area contributed by atoms with Crippen molar-refractivity contribution < 1.29 is 4.74 Å². The van der Waals surface area contributed by atoms with Crippen LogP contribution in [0.3, 0.4) is 0 Å². The molecule has 1 heterocycles. The Balaban J connectivity index is 2.47. The molecule has 0 amide bonds. The molecule has 0 N–H and O–H groups in total. The monoisotopic (exact) mass is 176 g/mol. The molecule has 1 aliphatic rings. The molecule has 0 spiro atoms. The smallest absolute Gasteiger partial charge is 0.0723 e. The van der Waals surface area contributed by atoms with E-state index in [2.05, 4.69) is 32.9 Å². The third-order valence-corrected chi connectivity index (χ3v) is 2.72. The lowest BCUT2D eigenvalue weighted by molar-refractivity contribution is 0.0408. The van der Waals surface area contributed by atoms with E-state index in [9.17, 15) is 0 Å². The number of fused-ring (bicyclic) bond motifs is 1.